The van der Waals surface area contributed by atoms with Crippen molar-refractivity contribution in [3.05, 3.63) is 29.6 Å². The van der Waals surface area contributed by atoms with Gasteiger partial charge in [0.15, 0.2) is 0 Å². The maximum atomic E-state index is 14.3. The first-order valence-electron chi connectivity index (χ1n) is 7.46. The Kier molecular flexibility index (Phi) is 7.15. The van der Waals surface area contributed by atoms with Crippen LogP contribution in [0.5, 0.6) is 0 Å². The van der Waals surface area contributed by atoms with Crippen LogP contribution in [0.4, 0.5) is 10.1 Å². The summed E-state index contributed by atoms with van der Waals surface area (Å²) in [5.74, 6) is -0.453. The van der Waals surface area contributed by atoms with Gasteiger partial charge in [0.05, 0.1) is 12.2 Å². The molecule has 0 aliphatic rings. The highest BCUT2D eigenvalue weighted by atomic mass is 19.1. The molecule has 3 N–H and O–H groups in total. The smallest absolute Gasteiger partial charge is 0.236 e. The van der Waals surface area contributed by atoms with E-state index in [1.807, 2.05) is 19.9 Å². The van der Waals surface area contributed by atoms with Crippen molar-refractivity contribution in [3.63, 3.8) is 0 Å². The largest absolute Gasteiger partial charge is 0.368 e. The van der Waals surface area contributed by atoms with Crippen LogP contribution >= 0.6 is 0 Å². The molecule has 0 aliphatic heterocycles. The number of carbonyl (C=O) groups excluding carboxylic acids is 1. The van der Waals surface area contributed by atoms with E-state index in [0.717, 1.165) is 18.5 Å². The lowest BCUT2D eigenvalue weighted by Gasteiger charge is -2.26. The predicted molar refractivity (Wildman–Crippen MR) is 84.6 cm³/mol. The van der Waals surface area contributed by atoms with Crippen LogP contribution in [-0.4, -0.2) is 25.5 Å². The van der Waals surface area contributed by atoms with E-state index in [9.17, 15) is 9.18 Å². The van der Waals surface area contributed by atoms with Crippen LogP contribution in [0.25, 0.3) is 0 Å². The number of nitrogens with one attached hydrogen (secondary N) is 1. The Hall–Kier alpha value is -1.62. The van der Waals surface area contributed by atoms with Crippen molar-refractivity contribution in [1.82, 2.24) is 5.32 Å². The highest BCUT2D eigenvalue weighted by molar-refractivity contribution is 5.79. The van der Waals surface area contributed by atoms with Gasteiger partial charge in [-0.05, 0) is 36.6 Å². The molecule has 0 saturated heterocycles. The first-order chi connectivity index (χ1) is 9.93. The second kappa shape index (κ2) is 8.62. The maximum Gasteiger partial charge on any atom is 0.236 e. The zero-order valence-corrected chi connectivity index (χ0v) is 13.2. The average molecular weight is 295 g/mol. The van der Waals surface area contributed by atoms with Gasteiger partial charge in [0, 0.05) is 13.1 Å². The number of benzene rings is 1. The van der Waals surface area contributed by atoms with Gasteiger partial charge in [-0.25, -0.2) is 4.39 Å². The minimum Gasteiger partial charge on any atom is -0.368 e. The normalized spacial score (nSPS) is 10.9. The Morgan fingerprint density at radius 1 is 1.43 bits per heavy atom. The van der Waals surface area contributed by atoms with Crippen LogP contribution in [0.15, 0.2) is 18.2 Å². The number of rotatable bonds is 9. The third-order valence-corrected chi connectivity index (χ3v) is 3.04. The van der Waals surface area contributed by atoms with Gasteiger partial charge >= 0.3 is 0 Å². The quantitative estimate of drug-likeness (QED) is 0.687. The summed E-state index contributed by atoms with van der Waals surface area (Å²) in [6.07, 6.45) is 1.04. The summed E-state index contributed by atoms with van der Waals surface area (Å²) in [7, 11) is 0. The maximum absolute atomic E-state index is 14.3. The summed E-state index contributed by atoms with van der Waals surface area (Å²) >= 11 is 0. The summed E-state index contributed by atoms with van der Waals surface area (Å²) in [6.45, 7) is 8.31. The van der Waals surface area contributed by atoms with Crippen molar-refractivity contribution in [2.24, 2.45) is 11.7 Å². The molecule has 1 aromatic rings. The minimum atomic E-state index is -0.455. The molecule has 1 rings (SSSR count). The lowest BCUT2D eigenvalue weighted by atomic mass is 10.1. The second-order valence-corrected chi connectivity index (χ2v) is 5.70. The molecule has 0 spiro atoms. The van der Waals surface area contributed by atoms with Crippen molar-refractivity contribution in [2.75, 3.05) is 24.5 Å². The fourth-order valence-electron chi connectivity index (χ4n) is 2.20. The lowest BCUT2D eigenvalue weighted by Crippen LogP contribution is -2.36. The summed E-state index contributed by atoms with van der Waals surface area (Å²) in [4.78, 5) is 12.9. The highest BCUT2D eigenvalue weighted by Crippen LogP contribution is 2.21. The van der Waals surface area contributed by atoms with Crippen LogP contribution < -0.4 is 16.0 Å². The number of halogens is 1. The van der Waals surface area contributed by atoms with Crippen LogP contribution in [0.3, 0.4) is 0 Å². The number of anilines is 1. The van der Waals surface area contributed by atoms with Gasteiger partial charge in [-0.1, -0.05) is 26.8 Å². The number of hydrogen-bond donors (Lipinski definition) is 2. The number of carbonyl (C=O) groups is 1. The molecule has 0 heterocycles. The summed E-state index contributed by atoms with van der Waals surface area (Å²) in [5, 5.41) is 3.24. The lowest BCUT2D eigenvalue weighted by molar-refractivity contribution is -0.116. The average Bonchev–Trinajstić information content (AvgIpc) is 2.37. The SMILES string of the molecule is CCCNCc1ccc(N(CC(N)=O)CC(C)C)c(F)c1. The molecule has 0 saturated carbocycles. The van der Waals surface area contributed by atoms with E-state index in [2.05, 4.69) is 12.2 Å². The number of hydrogen-bond acceptors (Lipinski definition) is 3. The first kappa shape index (κ1) is 17.4. The zero-order valence-electron chi connectivity index (χ0n) is 13.2. The van der Waals surface area contributed by atoms with Gasteiger partial charge in [-0.15, -0.1) is 0 Å². The highest BCUT2D eigenvalue weighted by Gasteiger charge is 2.15. The summed E-state index contributed by atoms with van der Waals surface area (Å²) < 4.78 is 14.3. The van der Waals surface area contributed by atoms with E-state index in [4.69, 9.17) is 5.73 Å². The standard InChI is InChI=1S/C16H26FN3O/c1-4-7-19-9-13-5-6-15(14(17)8-13)20(10-12(2)3)11-16(18)21/h5-6,8,12,19H,4,7,9-11H2,1-3H3,(H2,18,21). The third-order valence-electron chi connectivity index (χ3n) is 3.04. The molecule has 0 aromatic heterocycles. The van der Waals surface area contributed by atoms with Crippen molar-refractivity contribution in [2.45, 2.75) is 33.7 Å². The predicted octanol–water partition coefficient (Wildman–Crippen LogP) is 2.27. The topological polar surface area (TPSA) is 58.4 Å². The molecule has 0 bridgehead atoms. The third kappa shape index (κ3) is 6.12. The molecule has 0 radical (unpaired) electrons. The number of primary amides is 1. The van der Waals surface area contributed by atoms with Crippen LogP contribution in [0.2, 0.25) is 0 Å². The first-order valence-corrected chi connectivity index (χ1v) is 7.46. The zero-order chi connectivity index (χ0) is 15.8. The van der Waals surface area contributed by atoms with Crippen molar-refractivity contribution in [3.8, 4) is 0 Å². The van der Waals surface area contributed by atoms with Crippen molar-refractivity contribution in [1.29, 1.82) is 0 Å². The van der Waals surface area contributed by atoms with E-state index in [0.29, 0.717) is 24.7 Å². The van der Waals surface area contributed by atoms with Gasteiger partial charge in [0.25, 0.3) is 0 Å². The van der Waals surface area contributed by atoms with E-state index in [1.165, 1.54) is 6.07 Å². The number of amides is 1. The molecule has 0 unspecified atom stereocenters. The van der Waals surface area contributed by atoms with E-state index in [1.54, 1.807) is 11.0 Å². The summed E-state index contributed by atoms with van der Waals surface area (Å²) in [6, 6.07) is 5.13. The molecule has 5 heteroatoms. The number of nitrogens with two attached hydrogens (primary N) is 1. The molecular weight excluding hydrogens is 269 g/mol. The van der Waals surface area contributed by atoms with Gasteiger partial charge < -0.3 is 16.0 Å². The second-order valence-electron chi connectivity index (χ2n) is 5.70. The van der Waals surface area contributed by atoms with E-state index < -0.39 is 5.91 Å². The molecule has 4 nitrogen and oxygen atoms in total. The Labute approximate surface area is 126 Å². The van der Waals surface area contributed by atoms with Gasteiger partial charge in [0.1, 0.15) is 5.82 Å². The minimum absolute atomic E-state index is 0.0303. The molecule has 1 amide bonds. The molecule has 1 aromatic carbocycles. The molecule has 0 atom stereocenters. The molecule has 21 heavy (non-hydrogen) atoms. The Bertz CT molecular complexity index is 463. The van der Waals surface area contributed by atoms with Gasteiger partial charge in [-0.3, -0.25) is 4.79 Å². The van der Waals surface area contributed by atoms with Crippen LogP contribution in [0.1, 0.15) is 32.8 Å². The van der Waals surface area contributed by atoms with Crippen LogP contribution in [0, 0.1) is 11.7 Å². The van der Waals surface area contributed by atoms with Gasteiger partial charge in [0.2, 0.25) is 5.91 Å². The van der Waals surface area contributed by atoms with Crippen molar-refractivity contribution < 1.29 is 9.18 Å². The van der Waals surface area contributed by atoms with E-state index >= 15 is 0 Å². The van der Waals surface area contributed by atoms with Crippen molar-refractivity contribution >= 4 is 11.6 Å². The monoisotopic (exact) mass is 295 g/mol. The Morgan fingerprint density at radius 2 is 2.14 bits per heavy atom. The van der Waals surface area contributed by atoms with Crippen LogP contribution in [-0.2, 0) is 11.3 Å². The fourth-order valence-corrected chi connectivity index (χ4v) is 2.20. The van der Waals surface area contributed by atoms with E-state index in [-0.39, 0.29) is 12.4 Å². The fraction of sp³-hybridized carbons (Fsp3) is 0.562. The Balaban J connectivity index is 2.85. The molecule has 0 fully saturated rings. The molecular formula is C16H26FN3O. The summed E-state index contributed by atoms with van der Waals surface area (Å²) in [5.41, 5.74) is 6.58. The van der Waals surface area contributed by atoms with Gasteiger partial charge in [-0.2, -0.15) is 0 Å². The molecule has 0 aliphatic carbocycles. The Morgan fingerprint density at radius 3 is 2.67 bits per heavy atom. The number of nitrogens with zero attached hydrogens (tertiary/aromatic N) is 1. The molecule has 118 valence electrons.